The zero-order valence-corrected chi connectivity index (χ0v) is 7.71. The Hall–Kier alpha value is 0.310. The average molecular weight is 159 g/mol. The van der Waals surface area contributed by atoms with Crippen molar-refractivity contribution in [2.45, 2.75) is 26.3 Å². The van der Waals surface area contributed by atoms with Crippen LogP contribution in [0.4, 0.5) is 0 Å². The third-order valence-corrected chi connectivity index (χ3v) is 2.89. The van der Waals surface area contributed by atoms with Gasteiger partial charge in [-0.05, 0) is 12.3 Å². The van der Waals surface area contributed by atoms with E-state index in [-0.39, 0.29) is 0 Å². The van der Waals surface area contributed by atoms with E-state index in [1.54, 1.807) is 0 Å². The van der Waals surface area contributed by atoms with Crippen molar-refractivity contribution in [1.82, 2.24) is 5.32 Å². The van der Waals surface area contributed by atoms with Gasteiger partial charge < -0.3 is 5.32 Å². The average Bonchev–Trinajstić information content (AvgIpc) is 1.88. The van der Waals surface area contributed by atoms with Crippen LogP contribution >= 0.6 is 11.8 Å². The van der Waals surface area contributed by atoms with Gasteiger partial charge in [-0.15, -0.1) is 0 Å². The second-order valence-corrected chi connectivity index (χ2v) is 4.51. The van der Waals surface area contributed by atoms with E-state index in [1.165, 1.54) is 24.5 Å². The van der Waals surface area contributed by atoms with E-state index >= 15 is 0 Å². The Kier molecular flexibility index (Phi) is 3.57. The van der Waals surface area contributed by atoms with Gasteiger partial charge in [-0.1, -0.05) is 13.8 Å². The van der Waals surface area contributed by atoms with Crippen molar-refractivity contribution in [3.63, 3.8) is 0 Å². The maximum absolute atomic E-state index is 3.53. The van der Waals surface area contributed by atoms with Gasteiger partial charge in [0.05, 0.1) is 0 Å². The van der Waals surface area contributed by atoms with Crippen LogP contribution in [0.25, 0.3) is 0 Å². The van der Waals surface area contributed by atoms with Crippen LogP contribution in [0.15, 0.2) is 0 Å². The summed E-state index contributed by atoms with van der Waals surface area (Å²) in [6.45, 7) is 5.80. The zero-order chi connectivity index (χ0) is 7.40. The SMILES string of the molecule is CC(C)C[C@H]1CSCCN1. The van der Waals surface area contributed by atoms with Gasteiger partial charge in [0.15, 0.2) is 0 Å². The van der Waals surface area contributed by atoms with Gasteiger partial charge in [0.25, 0.3) is 0 Å². The highest BCUT2D eigenvalue weighted by atomic mass is 32.2. The molecule has 1 heterocycles. The molecule has 2 heteroatoms. The van der Waals surface area contributed by atoms with Crippen LogP contribution in [0.1, 0.15) is 20.3 Å². The largest absolute Gasteiger partial charge is 0.312 e. The third-order valence-electron chi connectivity index (χ3n) is 1.75. The molecule has 0 aromatic rings. The monoisotopic (exact) mass is 159 g/mol. The summed E-state index contributed by atoms with van der Waals surface area (Å²) < 4.78 is 0. The summed E-state index contributed by atoms with van der Waals surface area (Å²) in [7, 11) is 0. The molecule has 1 N–H and O–H groups in total. The van der Waals surface area contributed by atoms with Crippen LogP contribution in [0, 0.1) is 5.92 Å². The molecule has 60 valence electrons. The van der Waals surface area contributed by atoms with Gasteiger partial charge in [-0.2, -0.15) is 11.8 Å². The fourth-order valence-electron chi connectivity index (χ4n) is 1.34. The molecule has 0 unspecified atom stereocenters. The summed E-state index contributed by atoms with van der Waals surface area (Å²) >= 11 is 2.08. The van der Waals surface area contributed by atoms with Crippen LogP contribution < -0.4 is 5.32 Å². The number of hydrogen-bond donors (Lipinski definition) is 1. The summed E-state index contributed by atoms with van der Waals surface area (Å²) in [4.78, 5) is 0. The minimum Gasteiger partial charge on any atom is -0.312 e. The van der Waals surface area contributed by atoms with E-state index in [4.69, 9.17) is 0 Å². The Morgan fingerprint density at radius 3 is 2.90 bits per heavy atom. The lowest BCUT2D eigenvalue weighted by Gasteiger charge is -2.24. The first kappa shape index (κ1) is 8.41. The van der Waals surface area contributed by atoms with Gasteiger partial charge in [-0.25, -0.2) is 0 Å². The maximum atomic E-state index is 3.53. The van der Waals surface area contributed by atoms with Crippen molar-refractivity contribution in [3.05, 3.63) is 0 Å². The topological polar surface area (TPSA) is 12.0 Å². The van der Waals surface area contributed by atoms with Crippen LogP contribution in [0.2, 0.25) is 0 Å². The molecule has 1 nitrogen and oxygen atoms in total. The first-order valence-corrected chi connectivity index (χ1v) is 5.25. The fraction of sp³-hybridized carbons (Fsp3) is 1.00. The van der Waals surface area contributed by atoms with Crippen molar-refractivity contribution >= 4 is 11.8 Å². The molecule has 0 radical (unpaired) electrons. The minimum absolute atomic E-state index is 0.791. The molecule has 1 rings (SSSR count). The molecule has 1 aliphatic heterocycles. The highest BCUT2D eigenvalue weighted by Crippen LogP contribution is 2.13. The summed E-state index contributed by atoms with van der Waals surface area (Å²) in [5.74, 6) is 3.46. The van der Waals surface area contributed by atoms with E-state index in [1.807, 2.05) is 0 Å². The fourth-order valence-corrected chi connectivity index (χ4v) is 2.31. The molecule has 0 spiro atoms. The van der Waals surface area contributed by atoms with Crippen molar-refractivity contribution < 1.29 is 0 Å². The Balaban J connectivity index is 2.13. The van der Waals surface area contributed by atoms with Gasteiger partial charge in [0.2, 0.25) is 0 Å². The Bertz CT molecular complexity index is 87.3. The number of rotatable bonds is 2. The molecule has 1 aliphatic rings. The lowest BCUT2D eigenvalue weighted by molar-refractivity contribution is 0.451. The van der Waals surface area contributed by atoms with E-state index in [9.17, 15) is 0 Å². The number of nitrogens with one attached hydrogen (secondary N) is 1. The summed E-state index contributed by atoms with van der Waals surface area (Å²) in [6, 6.07) is 0.791. The molecule has 1 saturated heterocycles. The van der Waals surface area contributed by atoms with Crippen LogP contribution in [-0.2, 0) is 0 Å². The molecule has 0 aliphatic carbocycles. The van der Waals surface area contributed by atoms with Crippen molar-refractivity contribution in [2.75, 3.05) is 18.1 Å². The maximum Gasteiger partial charge on any atom is 0.0160 e. The normalized spacial score (nSPS) is 27.3. The molecule has 0 bridgehead atoms. The summed E-state index contributed by atoms with van der Waals surface area (Å²) in [5, 5.41) is 3.53. The van der Waals surface area contributed by atoms with Crippen LogP contribution in [0.3, 0.4) is 0 Å². The standard InChI is InChI=1S/C8H17NS/c1-7(2)5-8-6-10-4-3-9-8/h7-9H,3-6H2,1-2H3/t8-/m0/s1. The summed E-state index contributed by atoms with van der Waals surface area (Å²) in [5.41, 5.74) is 0. The quantitative estimate of drug-likeness (QED) is 0.658. The third kappa shape index (κ3) is 2.93. The summed E-state index contributed by atoms with van der Waals surface area (Å²) in [6.07, 6.45) is 1.34. The zero-order valence-electron chi connectivity index (χ0n) is 6.89. The second kappa shape index (κ2) is 4.24. The highest BCUT2D eigenvalue weighted by Gasteiger charge is 2.13. The molecule has 0 amide bonds. The molecular weight excluding hydrogens is 142 g/mol. The lowest BCUT2D eigenvalue weighted by atomic mass is 10.1. The number of thioether (sulfide) groups is 1. The van der Waals surface area contributed by atoms with Gasteiger partial charge in [0, 0.05) is 24.1 Å². The predicted molar refractivity (Wildman–Crippen MR) is 48.6 cm³/mol. The predicted octanol–water partition coefficient (Wildman–Crippen LogP) is 1.74. The van der Waals surface area contributed by atoms with Gasteiger partial charge in [0.1, 0.15) is 0 Å². The molecule has 0 aromatic carbocycles. The van der Waals surface area contributed by atoms with Crippen molar-refractivity contribution in [1.29, 1.82) is 0 Å². The Morgan fingerprint density at radius 2 is 2.40 bits per heavy atom. The van der Waals surface area contributed by atoms with Gasteiger partial charge in [-0.3, -0.25) is 0 Å². The molecule has 0 saturated carbocycles. The van der Waals surface area contributed by atoms with Crippen LogP contribution in [-0.4, -0.2) is 24.1 Å². The highest BCUT2D eigenvalue weighted by molar-refractivity contribution is 7.99. The molecule has 0 aromatic heterocycles. The Morgan fingerprint density at radius 1 is 1.60 bits per heavy atom. The van der Waals surface area contributed by atoms with E-state index < -0.39 is 0 Å². The first-order valence-electron chi connectivity index (χ1n) is 4.10. The Labute approximate surface area is 68.0 Å². The van der Waals surface area contributed by atoms with Crippen LogP contribution in [0.5, 0.6) is 0 Å². The second-order valence-electron chi connectivity index (χ2n) is 3.36. The number of hydrogen-bond acceptors (Lipinski definition) is 2. The molecule has 10 heavy (non-hydrogen) atoms. The van der Waals surface area contributed by atoms with E-state index in [0.717, 1.165) is 12.0 Å². The van der Waals surface area contributed by atoms with Gasteiger partial charge >= 0.3 is 0 Å². The molecular formula is C8H17NS. The molecule has 1 atom stereocenters. The minimum atomic E-state index is 0.791. The van der Waals surface area contributed by atoms with Crippen molar-refractivity contribution in [2.24, 2.45) is 5.92 Å². The lowest BCUT2D eigenvalue weighted by Crippen LogP contribution is -2.38. The van der Waals surface area contributed by atoms with E-state index in [2.05, 4.69) is 30.9 Å². The smallest absolute Gasteiger partial charge is 0.0160 e. The first-order chi connectivity index (χ1) is 4.79. The van der Waals surface area contributed by atoms with Crippen molar-refractivity contribution in [3.8, 4) is 0 Å². The molecule has 1 fully saturated rings. The van der Waals surface area contributed by atoms with E-state index in [0.29, 0.717) is 0 Å².